The van der Waals surface area contributed by atoms with Gasteiger partial charge >= 0.3 is 0 Å². The SMILES string of the molecule is CCN1CCN(C(C)CNC(=O)c2cc(C)nc3ccccc23)CC1. The van der Waals surface area contributed by atoms with Gasteiger partial charge in [-0.15, -0.1) is 0 Å². The summed E-state index contributed by atoms with van der Waals surface area (Å²) in [6.45, 7) is 12.5. The molecule has 1 saturated heterocycles. The van der Waals surface area contributed by atoms with Crippen LogP contribution in [0, 0.1) is 6.92 Å². The summed E-state index contributed by atoms with van der Waals surface area (Å²) in [7, 11) is 0. The molecule has 1 aromatic heterocycles. The maximum atomic E-state index is 12.7. The molecule has 1 atom stereocenters. The third-order valence-electron chi connectivity index (χ3n) is 5.12. The first-order valence-corrected chi connectivity index (χ1v) is 9.19. The number of hydrogen-bond donors (Lipinski definition) is 1. The number of carbonyl (C=O) groups excluding carboxylic acids is 1. The summed E-state index contributed by atoms with van der Waals surface area (Å²) < 4.78 is 0. The van der Waals surface area contributed by atoms with E-state index < -0.39 is 0 Å². The van der Waals surface area contributed by atoms with Crippen LogP contribution >= 0.6 is 0 Å². The Bertz CT molecular complexity index is 738. The summed E-state index contributed by atoms with van der Waals surface area (Å²) in [6.07, 6.45) is 0. The van der Waals surface area contributed by atoms with Crippen LogP contribution < -0.4 is 5.32 Å². The van der Waals surface area contributed by atoms with E-state index >= 15 is 0 Å². The second-order valence-corrected chi connectivity index (χ2v) is 6.86. The Morgan fingerprint density at radius 2 is 1.96 bits per heavy atom. The van der Waals surface area contributed by atoms with E-state index in [1.54, 1.807) is 0 Å². The van der Waals surface area contributed by atoms with Crippen molar-refractivity contribution < 1.29 is 4.79 Å². The Balaban J connectivity index is 1.63. The highest BCUT2D eigenvalue weighted by Crippen LogP contribution is 2.18. The monoisotopic (exact) mass is 340 g/mol. The molecule has 5 nitrogen and oxygen atoms in total. The Hall–Kier alpha value is -1.98. The number of carbonyl (C=O) groups is 1. The van der Waals surface area contributed by atoms with Crippen molar-refractivity contribution in [3.05, 3.63) is 41.6 Å². The summed E-state index contributed by atoms with van der Waals surface area (Å²) in [6, 6.07) is 10.0. The number of para-hydroxylation sites is 1. The van der Waals surface area contributed by atoms with Crippen molar-refractivity contribution in [3.8, 4) is 0 Å². The summed E-state index contributed by atoms with van der Waals surface area (Å²) in [5.41, 5.74) is 2.45. The smallest absolute Gasteiger partial charge is 0.252 e. The van der Waals surface area contributed by atoms with Gasteiger partial charge in [0.25, 0.3) is 5.91 Å². The molecule has 1 amide bonds. The molecule has 1 unspecified atom stereocenters. The van der Waals surface area contributed by atoms with E-state index in [0.717, 1.165) is 49.3 Å². The first kappa shape index (κ1) is 17.8. The number of nitrogens with one attached hydrogen (secondary N) is 1. The lowest BCUT2D eigenvalue weighted by atomic mass is 10.1. The fourth-order valence-corrected chi connectivity index (χ4v) is 3.48. The Kier molecular flexibility index (Phi) is 5.66. The average Bonchev–Trinajstić information content (AvgIpc) is 2.65. The summed E-state index contributed by atoms with van der Waals surface area (Å²) in [4.78, 5) is 22.2. The summed E-state index contributed by atoms with van der Waals surface area (Å²) in [5, 5.41) is 4.03. The van der Waals surface area contributed by atoms with Crippen molar-refractivity contribution in [3.63, 3.8) is 0 Å². The molecule has 2 heterocycles. The molecule has 1 aliphatic heterocycles. The highest BCUT2D eigenvalue weighted by Gasteiger charge is 2.21. The minimum absolute atomic E-state index is 0.0132. The molecule has 0 radical (unpaired) electrons. The summed E-state index contributed by atoms with van der Waals surface area (Å²) in [5.74, 6) is -0.0132. The first-order chi connectivity index (χ1) is 12.1. The molecule has 134 valence electrons. The molecule has 25 heavy (non-hydrogen) atoms. The van der Waals surface area contributed by atoms with Crippen molar-refractivity contribution in [1.82, 2.24) is 20.1 Å². The number of pyridine rings is 1. The number of hydrogen-bond acceptors (Lipinski definition) is 4. The van der Waals surface area contributed by atoms with Crippen LogP contribution in [-0.2, 0) is 0 Å². The van der Waals surface area contributed by atoms with Crippen LogP contribution in [0.5, 0.6) is 0 Å². The zero-order valence-corrected chi connectivity index (χ0v) is 15.5. The predicted octanol–water partition coefficient (Wildman–Crippen LogP) is 2.30. The largest absolute Gasteiger partial charge is 0.350 e. The lowest BCUT2D eigenvalue weighted by Gasteiger charge is -2.37. The number of benzene rings is 1. The zero-order valence-electron chi connectivity index (χ0n) is 15.5. The molecule has 1 fully saturated rings. The Morgan fingerprint density at radius 1 is 1.24 bits per heavy atom. The van der Waals surface area contributed by atoms with Gasteiger partial charge in [-0.05, 0) is 32.5 Å². The molecule has 1 N–H and O–H groups in total. The third-order valence-corrected chi connectivity index (χ3v) is 5.12. The van der Waals surface area contributed by atoms with Gasteiger partial charge in [-0.2, -0.15) is 0 Å². The van der Waals surface area contributed by atoms with E-state index in [2.05, 4.69) is 33.9 Å². The van der Waals surface area contributed by atoms with Crippen LogP contribution in [0.4, 0.5) is 0 Å². The van der Waals surface area contributed by atoms with Crippen molar-refractivity contribution in [2.75, 3.05) is 39.3 Å². The maximum absolute atomic E-state index is 12.7. The minimum atomic E-state index is -0.0132. The summed E-state index contributed by atoms with van der Waals surface area (Å²) >= 11 is 0. The quantitative estimate of drug-likeness (QED) is 0.907. The number of piperazine rings is 1. The number of fused-ring (bicyclic) bond motifs is 1. The molecule has 5 heteroatoms. The van der Waals surface area contributed by atoms with Crippen molar-refractivity contribution in [2.24, 2.45) is 0 Å². The van der Waals surface area contributed by atoms with Crippen molar-refractivity contribution in [1.29, 1.82) is 0 Å². The van der Waals surface area contributed by atoms with Crippen molar-refractivity contribution >= 4 is 16.8 Å². The predicted molar refractivity (Wildman–Crippen MR) is 102 cm³/mol. The maximum Gasteiger partial charge on any atom is 0.252 e. The van der Waals surface area contributed by atoms with Crippen LogP contribution in [0.15, 0.2) is 30.3 Å². The van der Waals surface area contributed by atoms with Gasteiger partial charge in [0.15, 0.2) is 0 Å². The number of aryl methyl sites for hydroxylation is 1. The number of amides is 1. The van der Waals surface area contributed by atoms with Gasteiger partial charge in [-0.25, -0.2) is 0 Å². The molecule has 0 spiro atoms. The van der Waals surface area contributed by atoms with Gasteiger partial charge in [0.2, 0.25) is 0 Å². The number of nitrogens with zero attached hydrogens (tertiary/aromatic N) is 3. The van der Waals surface area contributed by atoms with Gasteiger partial charge in [0.1, 0.15) is 0 Å². The standard InChI is InChI=1S/C20H28N4O/c1-4-23-9-11-24(12-10-23)16(3)14-21-20(25)18-13-15(2)22-19-8-6-5-7-17(18)19/h5-8,13,16H,4,9-12,14H2,1-3H3,(H,21,25). The molecule has 0 saturated carbocycles. The van der Waals surface area contributed by atoms with Crippen LogP contribution in [0.25, 0.3) is 10.9 Å². The highest BCUT2D eigenvalue weighted by molar-refractivity contribution is 6.06. The molecule has 0 bridgehead atoms. The van der Waals surface area contributed by atoms with Crippen molar-refractivity contribution in [2.45, 2.75) is 26.8 Å². The van der Waals surface area contributed by atoms with E-state index in [1.165, 1.54) is 0 Å². The Labute approximate surface area is 150 Å². The van der Waals surface area contributed by atoms with E-state index in [9.17, 15) is 4.79 Å². The first-order valence-electron chi connectivity index (χ1n) is 9.19. The molecule has 3 rings (SSSR count). The second kappa shape index (κ2) is 7.93. The van der Waals surface area contributed by atoms with Crippen LogP contribution in [0.3, 0.4) is 0 Å². The minimum Gasteiger partial charge on any atom is -0.350 e. The number of aromatic nitrogens is 1. The lowest BCUT2D eigenvalue weighted by Crippen LogP contribution is -2.52. The normalized spacial score (nSPS) is 17.6. The molecule has 1 aromatic carbocycles. The van der Waals surface area contributed by atoms with Crippen LogP contribution in [0.2, 0.25) is 0 Å². The number of likely N-dealkylation sites (N-methyl/N-ethyl adjacent to an activating group) is 1. The highest BCUT2D eigenvalue weighted by atomic mass is 16.1. The third kappa shape index (κ3) is 4.17. The molecular weight excluding hydrogens is 312 g/mol. The van der Waals surface area contributed by atoms with E-state index in [1.807, 2.05) is 37.3 Å². The molecular formula is C20H28N4O. The number of rotatable bonds is 5. The van der Waals surface area contributed by atoms with Crippen LogP contribution in [0.1, 0.15) is 29.9 Å². The van der Waals surface area contributed by atoms with Gasteiger partial charge < -0.3 is 10.2 Å². The fourth-order valence-electron chi connectivity index (χ4n) is 3.48. The average molecular weight is 340 g/mol. The molecule has 2 aromatic rings. The van der Waals surface area contributed by atoms with E-state index in [4.69, 9.17) is 0 Å². The second-order valence-electron chi connectivity index (χ2n) is 6.86. The zero-order chi connectivity index (χ0) is 17.8. The van der Waals surface area contributed by atoms with E-state index in [-0.39, 0.29) is 5.91 Å². The lowest BCUT2D eigenvalue weighted by molar-refractivity contribution is 0.0884. The molecule has 0 aliphatic carbocycles. The van der Waals surface area contributed by atoms with Crippen LogP contribution in [-0.4, -0.2) is 66.0 Å². The van der Waals surface area contributed by atoms with Gasteiger partial charge in [0, 0.05) is 49.8 Å². The van der Waals surface area contributed by atoms with E-state index in [0.29, 0.717) is 18.2 Å². The van der Waals surface area contributed by atoms with Gasteiger partial charge in [-0.1, -0.05) is 25.1 Å². The fraction of sp³-hybridized carbons (Fsp3) is 0.500. The topological polar surface area (TPSA) is 48.5 Å². The van der Waals surface area contributed by atoms with Gasteiger partial charge in [0.05, 0.1) is 11.1 Å². The molecule has 1 aliphatic rings. The van der Waals surface area contributed by atoms with Gasteiger partial charge in [-0.3, -0.25) is 14.7 Å². The Morgan fingerprint density at radius 3 is 2.68 bits per heavy atom.